The molecule has 0 spiro atoms. The first-order chi connectivity index (χ1) is 7.88. The van der Waals surface area contributed by atoms with Crippen molar-refractivity contribution in [2.75, 3.05) is 23.5 Å². The summed E-state index contributed by atoms with van der Waals surface area (Å²) in [6, 6.07) is -0.540. The zero-order valence-corrected chi connectivity index (χ0v) is 11.6. The van der Waals surface area contributed by atoms with Gasteiger partial charge in [0.25, 0.3) is 0 Å². The van der Waals surface area contributed by atoms with E-state index in [1.165, 1.54) is 0 Å². The van der Waals surface area contributed by atoms with E-state index < -0.39 is 15.9 Å². The molecule has 0 aromatic heterocycles. The van der Waals surface area contributed by atoms with Gasteiger partial charge in [-0.15, -0.1) is 0 Å². The summed E-state index contributed by atoms with van der Waals surface area (Å²) in [6.07, 6.45) is 3.42. The Balaban J connectivity index is 2.30. The number of nitrogens with one attached hydrogen (secondary N) is 1. The molecule has 1 saturated heterocycles. The van der Waals surface area contributed by atoms with Gasteiger partial charge >= 0.3 is 0 Å². The minimum absolute atomic E-state index is 0.0407. The molecule has 1 amide bonds. The third-order valence-electron chi connectivity index (χ3n) is 2.64. The van der Waals surface area contributed by atoms with Gasteiger partial charge < -0.3 is 11.1 Å². The molecule has 5 nitrogen and oxygen atoms in total. The van der Waals surface area contributed by atoms with Gasteiger partial charge in [-0.05, 0) is 25.0 Å². The number of carbonyl (C=O) groups excluding carboxylic acids is 1. The monoisotopic (exact) mass is 280 g/mol. The standard InChI is InChI=1S/C10H20N2O3S2/c1-17(14,15)6-4-9(11)10(13)12-8-3-2-5-16-7-8/h8-9H,2-7,11H2,1H3,(H,12,13). The number of nitrogens with two attached hydrogens (primary N) is 1. The van der Waals surface area contributed by atoms with Gasteiger partial charge in [0, 0.05) is 18.1 Å². The maximum absolute atomic E-state index is 11.7. The Hall–Kier alpha value is -0.270. The summed E-state index contributed by atoms with van der Waals surface area (Å²) in [5, 5.41) is 2.88. The van der Waals surface area contributed by atoms with Crippen LogP contribution in [0, 0.1) is 0 Å². The maximum atomic E-state index is 11.7. The Bertz CT molecular complexity index is 351. The maximum Gasteiger partial charge on any atom is 0.237 e. The lowest BCUT2D eigenvalue weighted by atomic mass is 10.1. The Labute approximate surface area is 107 Å². The molecule has 0 saturated carbocycles. The molecule has 2 atom stereocenters. The van der Waals surface area contributed by atoms with Crippen LogP contribution in [-0.2, 0) is 14.6 Å². The fourth-order valence-electron chi connectivity index (χ4n) is 1.63. The Morgan fingerprint density at radius 3 is 2.82 bits per heavy atom. The van der Waals surface area contributed by atoms with Crippen LogP contribution in [0.25, 0.3) is 0 Å². The van der Waals surface area contributed by atoms with E-state index in [1.54, 1.807) is 0 Å². The first-order valence-electron chi connectivity index (χ1n) is 5.70. The molecule has 7 heteroatoms. The molecule has 3 N–H and O–H groups in total. The molecule has 2 unspecified atom stereocenters. The molecule has 1 rings (SSSR count). The van der Waals surface area contributed by atoms with Gasteiger partial charge in [-0.1, -0.05) is 0 Å². The highest BCUT2D eigenvalue weighted by Gasteiger charge is 2.20. The summed E-state index contributed by atoms with van der Waals surface area (Å²) in [7, 11) is -3.05. The number of hydrogen-bond acceptors (Lipinski definition) is 5. The lowest BCUT2D eigenvalue weighted by Gasteiger charge is -2.24. The average molecular weight is 280 g/mol. The van der Waals surface area contributed by atoms with E-state index in [2.05, 4.69) is 5.32 Å². The first kappa shape index (κ1) is 14.8. The van der Waals surface area contributed by atoms with E-state index in [1.807, 2.05) is 11.8 Å². The van der Waals surface area contributed by atoms with E-state index in [-0.39, 0.29) is 24.1 Å². The molecule has 0 aromatic carbocycles. The zero-order chi connectivity index (χ0) is 12.9. The van der Waals surface area contributed by atoms with Crippen molar-refractivity contribution in [1.29, 1.82) is 0 Å². The Morgan fingerprint density at radius 1 is 1.59 bits per heavy atom. The number of sulfone groups is 1. The van der Waals surface area contributed by atoms with Crippen LogP contribution in [0.5, 0.6) is 0 Å². The van der Waals surface area contributed by atoms with E-state index in [4.69, 9.17) is 5.73 Å². The van der Waals surface area contributed by atoms with Crippen LogP contribution in [0.2, 0.25) is 0 Å². The van der Waals surface area contributed by atoms with Gasteiger partial charge in [0.15, 0.2) is 0 Å². The fourth-order valence-corrected chi connectivity index (χ4v) is 3.39. The van der Waals surface area contributed by atoms with Crippen molar-refractivity contribution in [2.45, 2.75) is 31.3 Å². The summed E-state index contributed by atoms with van der Waals surface area (Å²) in [5.74, 6) is 1.79. The van der Waals surface area contributed by atoms with Crippen molar-refractivity contribution in [3.05, 3.63) is 0 Å². The summed E-state index contributed by atoms with van der Waals surface area (Å²) >= 11 is 1.82. The second kappa shape index (κ2) is 6.61. The van der Waals surface area contributed by atoms with Crippen LogP contribution in [0.3, 0.4) is 0 Å². The summed E-state index contributed by atoms with van der Waals surface area (Å²) < 4.78 is 21.9. The molecular formula is C10H20N2O3S2. The van der Waals surface area contributed by atoms with Gasteiger partial charge in [0.05, 0.1) is 11.8 Å². The normalized spacial score (nSPS) is 23.1. The molecule has 1 fully saturated rings. The van der Waals surface area contributed by atoms with Crippen LogP contribution in [0.1, 0.15) is 19.3 Å². The number of rotatable bonds is 5. The molecule has 1 heterocycles. The van der Waals surface area contributed by atoms with Crippen LogP contribution in [0.15, 0.2) is 0 Å². The predicted molar refractivity (Wildman–Crippen MR) is 70.8 cm³/mol. The molecule has 1 aliphatic heterocycles. The van der Waals surface area contributed by atoms with Gasteiger partial charge in [0.2, 0.25) is 5.91 Å². The van der Waals surface area contributed by atoms with Gasteiger partial charge in [0.1, 0.15) is 9.84 Å². The second-order valence-electron chi connectivity index (χ2n) is 4.45. The molecule has 0 aromatic rings. The molecule has 0 aliphatic carbocycles. The average Bonchev–Trinajstić information content (AvgIpc) is 2.26. The zero-order valence-electron chi connectivity index (χ0n) is 10.0. The molecule has 1 aliphatic rings. The van der Waals surface area contributed by atoms with E-state index in [9.17, 15) is 13.2 Å². The van der Waals surface area contributed by atoms with E-state index >= 15 is 0 Å². The third kappa shape index (κ3) is 6.28. The highest BCUT2D eigenvalue weighted by Crippen LogP contribution is 2.16. The van der Waals surface area contributed by atoms with Crippen LogP contribution < -0.4 is 11.1 Å². The minimum atomic E-state index is -3.05. The minimum Gasteiger partial charge on any atom is -0.351 e. The molecule has 0 bridgehead atoms. The molecule has 0 radical (unpaired) electrons. The molecular weight excluding hydrogens is 260 g/mol. The highest BCUT2D eigenvalue weighted by atomic mass is 32.2. The van der Waals surface area contributed by atoms with Crippen molar-refractivity contribution in [2.24, 2.45) is 5.73 Å². The van der Waals surface area contributed by atoms with Crippen molar-refractivity contribution < 1.29 is 13.2 Å². The summed E-state index contributed by atoms with van der Waals surface area (Å²) in [5.41, 5.74) is 5.66. The highest BCUT2D eigenvalue weighted by molar-refractivity contribution is 7.99. The number of carbonyl (C=O) groups is 1. The van der Waals surface area contributed by atoms with Crippen LogP contribution in [-0.4, -0.2) is 49.9 Å². The third-order valence-corrected chi connectivity index (χ3v) is 4.84. The lowest BCUT2D eigenvalue weighted by molar-refractivity contribution is -0.123. The van der Waals surface area contributed by atoms with Gasteiger partial charge in [-0.3, -0.25) is 4.79 Å². The number of thioether (sulfide) groups is 1. The SMILES string of the molecule is CS(=O)(=O)CCC(N)C(=O)NC1CCCSC1. The molecule has 100 valence electrons. The van der Waals surface area contributed by atoms with Crippen LogP contribution in [0.4, 0.5) is 0 Å². The van der Waals surface area contributed by atoms with Crippen LogP contribution >= 0.6 is 11.8 Å². The largest absolute Gasteiger partial charge is 0.351 e. The predicted octanol–water partition coefficient (Wildman–Crippen LogP) is -0.240. The van der Waals surface area contributed by atoms with Crippen molar-refractivity contribution >= 4 is 27.5 Å². The smallest absolute Gasteiger partial charge is 0.237 e. The Morgan fingerprint density at radius 2 is 2.29 bits per heavy atom. The Kier molecular flexibility index (Phi) is 5.75. The first-order valence-corrected chi connectivity index (χ1v) is 8.91. The molecule has 17 heavy (non-hydrogen) atoms. The van der Waals surface area contributed by atoms with Gasteiger partial charge in [-0.2, -0.15) is 11.8 Å². The van der Waals surface area contributed by atoms with E-state index in [0.29, 0.717) is 0 Å². The lowest BCUT2D eigenvalue weighted by Crippen LogP contribution is -2.47. The fraction of sp³-hybridized carbons (Fsp3) is 0.900. The van der Waals surface area contributed by atoms with Crippen molar-refractivity contribution in [1.82, 2.24) is 5.32 Å². The number of hydrogen-bond donors (Lipinski definition) is 2. The topological polar surface area (TPSA) is 89.3 Å². The van der Waals surface area contributed by atoms with E-state index in [0.717, 1.165) is 30.6 Å². The van der Waals surface area contributed by atoms with Crippen molar-refractivity contribution in [3.63, 3.8) is 0 Å². The summed E-state index contributed by atoms with van der Waals surface area (Å²) in [4.78, 5) is 11.7. The second-order valence-corrected chi connectivity index (χ2v) is 7.86. The van der Waals surface area contributed by atoms with Gasteiger partial charge in [-0.25, -0.2) is 8.42 Å². The van der Waals surface area contributed by atoms with Crippen molar-refractivity contribution in [3.8, 4) is 0 Å². The number of amides is 1. The quantitative estimate of drug-likeness (QED) is 0.725. The summed E-state index contributed by atoms with van der Waals surface area (Å²) in [6.45, 7) is 0.